The first-order valence-electron chi connectivity index (χ1n) is 9.05. The molecule has 27 heavy (non-hydrogen) atoms. The van der Waals surface area contributed by atoms with Crippen LogP contribution >= 0.6 is 0 Å². The molecule has 0 radical (unpaired) electrons. The highest BCUT2D eigenvalue weighted by atomic mass is 32.2. The Kier molecular flexibility index (Phi) is 6.30. The molecule has 2 N–H and O–H groups in total. The van der Waals surface area contributed by atoms with Crippen molar-refractivity contribution in [3.05, 3.63) is 54.4 Å². The lowest BCUT2D eigenvalue weighted by Crippen LogP contribution is -3.15. The van der Waals surface area contributed by atoms with Gasteiger partial charge in [0.1, 0.15) is 11.8 Å². The summed E-state index contributed by atoms with van der Waals surface area (Å²) in [5.74, 6) is 0.878. The minimum Gasteiger partial charge on any atom is -0.495 e. The van der Waals surface area contributed by atoms with Crippen molar-refractivity contribution in [3.63, 3.8) is 0 Å². The number of anilines is 1. The highest BCUT2D eigenvalue weighted by molar-refractivity contribution is 7.88. The number of ether oxygens (including phenoxy) is 1. The fraction of sp³-hybridized carbons (Fsp3) is 0.421. The minimum absolute atomic E-state index is 0.0354. The third-order valence-corrected chi connectivity index (χ3v) is 5.65. The van der Waals surface area contributed by atoms with Gasteiger partial charge in [0.05, 0.1) is 51.8 Å². The SMILES string of the molecule is COc1ccccc1N1CC[NH+]([C@@H](CNS(C)(=O)=O)c2cccnc2)CC1. The zero-order valence-corrected chi connectivity index (χ0v) is 16.6. The number of methoxy groups -OCH3 is 1. The van der Waals surface area contributed by atoms with Gasteiger partial charge < -0.3 is 14.5 Å². The Morgan fingerprint density at radius 3 is 2.59 bits per heavy atom. The number of sulfonamides is 1. The highest BCUT2D eigenvalue weighted by Crippen LogP contribution is 2.27. The molecule has 1 aliphatic rings. The van der Waals surface area contributed by atoms with E-state index in [1.807, 2.05) is 36.5 Å². The monoisotopic (exact) mass is 391 g/mol. The molecule has 1 aromatic heterocycles. The predicted octanol–water partition coefficient (Wildman–Crippen LogP) is 0.0856. The number of benzene rings is 1. The highest BCUT2D eigenvalue weighted by Gasteiger charge is 2.30. The summed E-state index contributed by atoms with van der Waals surface area (Å²) in [7, 11) is -1.55. The molecule has 0 aliphatic carbocycles. The zero-order chi connectivity index (χ0) is 19.3. The van der Waals surface area contributed by atoms with Crippen molar-refractivity contribution in [1.82, 2.24) is 9.71 Å². The Morgan fingerprint density at radius 1 is 1.22 bits per heavy atom. The van der Waals surface area contributed by atoms with E-state index in [9.17, 15) is 8.42 Å². The van der Waals surface area contributed by atoms with E-state index in [0.29, 0.717) is 6.54 Å². The van der Waals surface area contributed by atoms with E-state index >= 15 is 0 Å². The molecule has 0 bridgehead atoms. The van der Waals surface area contributed by atoms with Gasteiger partial charge in [-0.05, 0) is 24.3 Å². The molecule has 1 saturated heterocycles. The first-order valence-corrected chi connectivity index (χ1v) is 10.9. The summed E-state index contributed by atoms with van der Waals surface area (Å²) < 4.78 is 31.4. The second-order valence-corrected chi connectivity index (χ2v) is 8.61. The predicted molar refractivity (Wildman–Crippen MR) is 106 cm³/mol. The van der Waals surface area contributed by atoms with Gasteiger partial charge in [-0.2, -0.15) is 0 Å². The molecule has 146 valence electrons. The normalized spacial score (nSPS) is 16.9. The van der Waals surface area contributed by atoms with E-state index in [1.54, 1.807) is 13.3 Å². The van der Waals surface area contributed by atoms with Gasteiger partial charge in [0.25, 0.3) is 0 Å². The molecule has 0 amide bonds. The van der Waals surface area contributed by atoms with Crippen molar-refractivity contribution in [2.24, 2.45) is 0 Å². The molecule has 8 heteroatoms. The van der Waals surface area contributed by atoms with Crippen LogP contribution in [0.15, 0.2) is 48.8 Å². The number of pyridine rings is 1. The molecule has 2 aromatic rings. The standard InChI is InChI=1S/C19H26N4O3S/c1-26-19-8-4-3-7-17(19)22-10-12-23(13-11-22)18(15-21-27(2,24)25)16-6-5-9-20-14-16/h3-9,14,18,21H,10-13,15H2,1-2H3/p+1/t18-/m0/s1. The molecule has 0 unspecified atom stereocenters. The zero-order valence-electron chi connectivity index (χ0n) is 15.8. The number of nitrogens with one attached hydrogen (secondary N) is 2. The van der Waals surface area contributed by atoms with Gasteiger partial charge in [-0.15, -0.1) is 0 Å². The van der Waals surface area contributed by atoms with Crippen molar-refractivity contribution >= 4 is 15.7 Å². The maximum Gasteiger partial charge on any atom is 0.208 e. The second-order valence-electron chi connectivity index (χ2n) is 6.78. The average molecular weight is 392 g/mol. The summed E-state index contributed by atoms with van der Waals surface area (Å²) in [6.45, 7) is 3.94. The van der Waals surface area contributed by atoms with Gasteiger partial charge in [0, 0.05) is 18.0 Å². The van der Waals surface area contributed by atoms with Crippen LogP contribution in [-0.2, 0) is 10.0 Å². The molecule has 1 aliphatic heterocycles. The Hall–Kier alpha value is -2.16. The van der Waals surface area contributed by atoms with Gasteiger partial charge in [0.2, 0.25) is 10.0 Å². The van der Waals surface area contributed by atoms with Crippen LogP contribution in [0.25, 0.3) is 0 Å². The number of rotatable bonds is 7. The summed E-state index contributed by atoms with van der Waals surface area (Å²) in [4.78, 5) is 7.89. The Bertz CT molecular complexity index is 837. The summed E-state index contributed by atoms with van der Waals surface area (Å²) in [5.41, 5.74) is 2.15. The van der Waals surface area contributed by atoms with Crippen LogP contribution in [-0.4, -0.2) is 59.5 Å². The minimum atomic E-state index is -3.24. The number of hydrogen-bond acceptors (Lipinski definition) is 5. The van der Waals surface area contributed by atoms with Gasteiger partial charge in [-0.1, -0.05) is 12.1 Å². The number of piperazine rings is 1. The van der Waals surface area contributed by atoms with E-state index in [1.165, 1.54) is 11.2 Å². The van der Waals surface area contributed by atoms with Crippen LogP contribution in [0, 0.1) is 0 Å². The fourth-order valence-corrected chi connectivity index (χ4v) is 4.06. The maximum absolute atomic E-state index is 11.6. The third-order valence-electron chi connectivity index (χ3n) is 4.96. The molecular formula is C19H27N4O3S+. The number of hydrogen-bond donors (Lipinski definition) is 2. The van der Waals surface area contributed by atoms with Crippen LogP contribution in [0.5, 0.6) is 5.75 Å². The molecular weight excluding hydrogens is 364 g/mol. The Morgan fingerprint density at radius 2 is 1.96 bits per heavy atom. The van der Waals surface area contributed by atoms with Crippen LogP contribution in [0.3, 0.4) is 0 Å². The summed E-state index contributed by atoms with van der Waals surface area (Å²) in [5, 5.41) is 0. The molecule has 7 nitrogen and oxygen atoms in total. The van der Waals surface area contributed by atoms with Crippen molar-refractivity contribution in [2.75, 3.05) is 51.0 Å². The molecule has 2 heterocycles. The van der Waals surface area contributed by atoms with E-state index in [0.717, 1.165) is 43.2 Å². The molecule has 0 spiro atoms. The van der Waals surface area contributed by atoms with Crippen LogP contribution in [0.1, 0.15) is 11.6 Å². The summed E-state index contributed by atoms with van der Waals surface area (Å²) in [6.07, 6.45) is 4.76. The topological polar surface area (TPSA) is 76.0 Å². The number of nitrogens with zero attached hydrogens (tertiary/aromatic N) is 2. The van der Waals surface area contributed by atoms with Crippen molar-refractivity contribution in [2.45, 2.75) is 6.04 Å². The second kappa shape index (κ2) is 8.69. The lowest BCUT2D eigenvalue weighted by molar-refractivity contribution is -0.930. The Labute approximate surface area is 161 Å². The maximum atomic E-state index is 11.6. The molecule has 0 saturated carbocycles. The van der Waals surface area contributed by atoms with Crippen molar-refractivity contribution in [3.8, 4) is 5.75 Å². The van der Waals surface area contributed by atoms with E-state index in [4.69, 9.17) is 4.74 Å². The van der Waals surface area contributed by atoms with Crippen molar-refractivity contribution < 1.29 is 18.1 Å². The van der Waals surface area contributed by atoms with Gasteiger partial charge in [-0.25, -0.2) is 13.1 Å². The first-order chi connectivity index (χ1) is 13.0. The summed E-state index contributed by atoms with van der Waals surface area (Å²) >= 11 is 0. The molecule has 1 atom stereocenters. The average Bonchev–Trinajstić information content (AvgIpc) is 2.68. The third kappa shape index (κ3) is 5.18. The largest absolute Gasteiger partial charge is 0.495 e. The van der Waals surface area contributed by atoms with Gasteiger partial charge >= 0.3 is 0 Å². The lowest BCUT2D eigenvalue weighted by atomic mass is 10.1. The van der Waals surface area contributed by atoms with Crippen LogP contribution in [0.2, 0.25) is 0 Å². The number of para-hydroxylation sites is 2. The first kappa shape index (κ1) is 19.6. The van der Waals surface area contributed by atoms with E-state index < -0.39 is 10.0 Å². The number of quaternary nitrogens is 1. The van der Waals surface area contributed by atoms with Crippen LogP contribution in [0.4, 0.5) is 5.69 Å². The van der Waals surface area contributed by atoms with Crippen LogP contribution < -0.4 is 19.3 Å². The molecule has 3 rings (SSSR count). The Balaban J connectivity index is 1.72. The number of aromatic nitrogens is 1. The smallest absolute Gasteiger partial charge is 0.208 e. The molecule has 1 fully saturated rings. The fourth-order valence-electron chi connectivity index (χ4n) is 3.59. The molecule has 1 aromatic carbocycles. The van der Waals surface area contributed by atoms with Gasteiger partial charge in [-0.3, -0.25) is 4.98 Å². The van der Waals surface area contributed by atoms with Crippen molar-refractivity contribution in [1.29, 1.82) is 0 Å². The summed E-state index contributed by atoms with van der Waals surface area (Å²) in [6, 6.07) is 12.0. The van der Waals surface area contributed by atoms with E-state index in [2.05, 4.69) is 20.7 Å². The van der Waals surface area contributed by atoms with Gasteiger partial charge in [0.15, 0.2) is 0 Å². The lowest BCUT2D eigenvalue weighted by Gasteiger charge is -2.38. The van der Waals surface area contributed by atoms with E-state index in [-0.39, 0.29) is 6.04 Å². The quantitative estimate of drug-likeness (QED) is 0.700.